The number of anilines is 1. The van der Waals surface area contributed by atoms with Gasteiger partial charge in [0.15, 0.2) is 11.6 Å². The Morgan fingerprint density at radius 3 is 2.63 bits per heavy atom. The van der Waals surface area contributed by atoms with Crippen molar-refractivity contribution in [2.75, 3.05) is 18.9 Å². The Hall–Kier alpha value is -2.23. The van der Waals surface area contributed by atoms with Crippen LogP contribution >= 0.6 is 0 Å². The van der Waals surface area contributed by atoms with Gasteiger partial charge in [-0.1, -0.05) is 12.1 Å². The minimum atomic E-state index is -0.366. The van der Waals surface area contributed by atoms with Crippen molar-refractivity contribution in [3.63, 3.8) is 0 Å². The van der Waals surface area contributed by atoms with E-state index >= 15 is 0 Å². The fourth-order valence-electron chi connectivity index (χ4n) is 1.64. The van der Waals surface area contributed by atoms with E-state index in [0.717, 1.165) is 5.56 Å². The van der Waals surface area contributed by atoms with Gasteiger partial charge >= 0.3 is 0 Å². The SMILES string of the molecule is Cc1ccc(F)c(OCCOc2cccc(N)c2)c1. The van der Waals surface area contributed by atoms with Crippen LogP contribution in [0.25, 0.3) is 0 Å². The molecule has 2 N–H and O–H groups in total. The first-order valence-corrected chi connectivity index (χ1v) is 6.02. The van der Waals surface area contributed by atoms with Crippen LogP contribution in [0.1, 0.15) is 5.56 Å². The van der Waals surface area contributed by atoms with Crippen molar-refractivity contribution in [2.24, 2.45) is 0 Å². The molecule has 2 aromatic rings. The molecular formula is C15H16FNO2. The molecule has 0 aliphatic carbocycles. The zero-order chi connectivity index (χ0) is 13.7. The summed E-state index contributed by atoms with van der Waals surface area (Å²) in [6.07, 6.45) is 0. The molecule has 2 aromatic carbocycles. The van der Waals surface area contributed by atoms with E-state index in [1.54, 1.807) is 24.3 Å². The van der Waals surface area contributed by atoms with E-state index in [2.05, 4.69) is 0 Å². The van der Waals surface area contributed by atoms with Crippen molar-refractivity contribution < 1.29 is 13.9 Å². The van der Waals surface area contributed by atoms with Gasteiger partial charge in [0, 0.05) is 11.8 Å². The van der Waals surface area contributed by atoms with Gasteiger partial charge in [-0.15, -0.1) is 0 Å². The molecule has 0 amide bonds. The maximum atomic E-state index is 13.4. The van der Waals surface area contributed by atoms with Crippen molar-refractivity contribution in [3.8, 4) is 11.5 Å². The van der Waals surface area contributed by atoms with E-state index in [1.165, 1.54) is 6.07 Å². The molecular weight excluding hydrogens is 245 g/mol. The average molecular weight is 261 g/mol. The second-order valence-corrected chi connectivity index (χ2v) is 4.20. The molecule has 0 aliphatic rings. The van der Waals surface area contributed by atoms with E-state index in [0.29, 0.717) is 18.0 Å². The Morgan fingerprint density at radius 2 is 1.84 bits per heavy atom. The monoisotopic (exact) mass is 261 g/mol. The molecule has 0 fully saturated rings. The van der Waals surface area contributed by atoms with Crippen molar-refractivity contribution in [3.05, 3.63) is 53.8 Å². The van der Waals surface area contributed by atoms with E-state index in [9.17, 15) is 4.39 Å². The number of nitrogens with two attached hydrogens (primary N) is 1. The first-order chi connectivity index (χ1) is 9.15. The van der Waals surface area contributed by atoms with Crippen LogP contribution in [0.15, 0.2) is 42.5 Å². The van der Waals surface area contributed by atoms with Gasteiger partial charge in [-0.2, -0.15) is 0 Å². The first kappa shape index (κ1) is 13.2. The predicted molar refractivity (Wildman–Crippen MR) is 73.0 cm³/mol. The summed E-state index contributed by atoms with van der Waals surface area (Å²) in [6.45, 7) is 2.49. The minimum absolute atomic E-state index is 0.246. The number of ether oxygens (including phenoxy) is 2. The summed E-state index contributed by atoms with van der Waals surface area (Å²) in [7, 11) is 0. The Kier molecular flexibility index (Phi) is 4.23. The third kappa shape index (κ3) is 3.88. The highest BCUT2D eigenvalue weighted by Crippen LogP contribution is 2.18. The van der Waals surface area contributed by atoms with Crippen molar-refractivity contribution in [1.82, 2.24) is 0 Å². The van der Waals surface area contributed by atoms with Crippen LogP contribution < -0.4 is 15.2 Å². The molecule has 0 saturated carbocycles. The van der Waals surface area contributed by atoms with Crippen LogP contribution in [-0.4, -0.2) is 13.2 Å². The summed E-state index contributed by atoms with van der Waals surface area (Å²) in [5, 5.41) is 0. The van der Waals surface area contributed by atoms with Crippen LogP contribution in [0.4, 0.5) is 10.1 Å². The molecule has 0 saturated heterocycles. The second-order valence-electron chi connectivity index (χ2n) is 4.20. The second kappa shape index (κ2) is 6.09. The lowest BCUT2D eigenvalue weighted by atomic mass is 10.2. The smallest absolute Gasteiger partial charge is 0.165 e. The van der Waals surface area contributed by atoms with Crippen LogP contribution in [-0.2, 0) is 0 Å². The van der Waals surface area contributed by atoms with Gasteiger partial charge < -0.3 is 15.2 Å². The Bertz CT molecular complexity index is 558. The molecule has 4 heteroatoms. The molecule has 0 radical (unpaired) electrons. The third-order valence-corrected chi connectivity index (χ3v) is 2.55. The zero-order valence-electron chi connectivity index (χ0n) is 10.7. The lowest BCUT2D eigenvalue weighted by molar-refractivity contribution is 0.211. The highest BCUT2D eigenvalue weighted by molar-refractivity contribution is 5.43. The summed E-state index contributed by atoms with van der Waals surface area (Å²) >= 11 is 0. The van der Waals surface area contributed by atoms with Gasteiger partial charge in [0.25, 0.3) is 0 Å². The quantitative estimate of drug-likeness (QED) is 0.664. The van der Waals surface area contributed by atoms with Gasteiger partial charge in [-0.3, -0.25) is 0 Å². The number of halogens is 1. The number of rotatable bonds is 5. The largest absolute Gasteiger partial charge is 0.490 e. The molecule has 0 atom stereocenters. The highest BCUT2D eigenvalue weighted by atomic mass is 19.1. The maximum absolute atomic E-state index is 13.4. The lowest BCUT2D eigenvalue weighted by Gasteiger charge is -2.09. The molecule has 19 heavy (non-hydrogen) atoms. The summed E-state index contributed by atoms with van der Waals surface area (Å²) < 4.78 is 24.2. The normalized spacial score (nSPS) is 10.2. The van der Waals surface area contributed by atoms with Crippen LogP contribution in [0.3, 0.4) is 0 Å². The van der Waals surface area contributed by atoms with E-state index in [-0.39, 0.29) is 18.2 Å². The molecule has 0 bridgehead atoms. The Labute approximate surface area is 111 Å². The lowest BCUT2D eigenvalue weighted by Crippen LogP contribution is -2.10. The fourth-order valence-corrected chi connectivity index (χ4v) is 1.64. The van der Waals surface area contributed by atoms with E-state index < -0.39 is 0 Å². The van der Waals surface area contributed by atoms with Gasteiger partial charge in [0.05, 0.1) is 0 Å². The van der Waals surface area contributed by atoms with Gasteiger partial charge in [-0.25, -0.2) is 4.39 Å². The Morgan fingerprint density at radius 1 is 1.05 bits per heavy atom. The number of nitrogen functional groups attached to an aromatic ring is 1. The standard InChI is InChI=1S/C15H16FNO2/c1-11-5-6-14(16)15(9-11)19-8-7-18-13-4-2-3-12(17)10-13/h2-6,9-10H,7-8,17H2,1H3. The van der Waals surface area contributed by atoms with Gasteiger partial charge in [0.1, 0.15) is 19.0 Å². The molecule has 0 heterocycles. The fraction of sp³-hybridized carbons (Fsp3) is 0.200. The van der Waals surface area contributed by atoms with Crippen molar-refractivity contribution in [2.45, 2.75) is 6.92 Å². The molecule has 0 aromatic heterocycles. The molecule has 0 aliphatic heterocycles. The number of benzene rings is 2. The average Bonchev–Trinajstić information content (AvgIpc) is 2.39. The predicted octanol–water partition coefficient (Wildman–Crippen LogP) is 3.17. The first-order valence-electron chi connectivity index (χ1n) is 6.02. The Balaban J connectivity index is 1.82. The van der Waals surface area contributed by atoms with Crippen molar-refractivity contribution >= 4 is 5.69 Å². The van der Waals surface area contributed by atoms with Crippen LogP contribution in [0, 0.1) is 12.7 Å². The summed E-state index contributed by atoms with van der Waals surface area (Å²) in [5.74, 6) is 0.555. The highest BCUT2D eigenvalue weighted by Gasteiger charge is 2.03. The molecule has 0 spiro atoms. The summed E-state index contributed by atoms with van der Waals surface area (Å²) in [4.78, 5) is 0. The summed E-state index contributed by atoms with van der Waals surface area (Å²) in [5.41, 5.74) is 7.22. The van der Waals surface area contributed by atoms with Crippen LogP contribution in [0.2, 0.25) is 0 Å². The number of hydrogen-bond donors (Lipinski definition) is 1. The minimum Gasteiger partial charge on any atom is -0.490 e. The number of aryl methyl sites for hydroxylation is 1. The van der Waals surface area contributed by atoms with Crippen molar-refractivity contribution in [1.29, 1.82) is 0 Å². The topological polar surface area (TPSA) is 44.5 Å². The molecule has 100 valence electrons. The van der Waals surface area contributed by atoms with Gasteiger partial charge in [-0.05, 0) is 36.8 Å². The van der Waals surface area contributed by atoms with Gasteiger partial charge in [0.2, 0.25) is 0 Å². The summed E-state index contributed by atoms with van der Waals surface area (Å²) in [6, 6.07) is 11.9. The third-order valence-electron chi connectivity index (χ3n) is 2.55. The molecule has 3 nitrogen and oxygen atoms in total. The molecule has 0 unspecified atom stereocenters. The van der Waals surface area contributed by atoms with Crippen LogP contribution in [0.5, 0.6) is 11.5 Å². The maximum Gasteiger partial charge on any atom is 0.165 e. The molecule has 2 rings (SSSR count). The van der Waals surface area contributed by atoms with E-state index in [4.69, 9.17) is 15.2 Å². The zero-order valence-corrected chi connectivity index (χ0v) is 10.7. The van der Waals surface area contributed by atoms with E-state index in [1.807, 2.05) is 19.1 Å². The number of hydrogen-bond acceptors (Lipinski definition) is 3.